The van der Waals surface area contributed by atoms with Crippen LogP contribution in [0.15, 0.2) is 29.2 Å². The molecule has 2 aliphatic rings. The summed E-state index contributed by atoms with van der Waals surface area (Å²) in [5, 5.41) is 9.54. The molecule has 0 saturated heterocycles. The predicted octanol–water partition coefficient (Wildman–Crippen LogP) is 4.00. The third-order valence-electron chi connectivity index (χ3n) is 7.03. The summed E-state index contributed by atoms with van der Waals surface area (Å²) in [5.74, 6) is 0.0859. The number of hydrogen-bond acceptors (Lipinski definition) is 5. The molecular formula is C25H33NO7S. The molecule has 4 rings (SSSR count). The van der Waals surface area contributed by atoms with Gasteiger partial charge in [-0.05, 0) is 42.4 Å². The van der Waals surface area contributed by atoms with E-state index in [1.54, 1.807) is 0 Å². The van der Waals surface area contributed by atoms with E-state index in [0.717, 1.165) is 24.0 Å². The zero-order valence-electron chi connectivity index (χ0n) is 20.3. The molecule has 0 bridgehead atoms. The highest BCUT2D eigenvalue weighted by Gasteiger charge is 2.47. The summed E-state index contributed by atoms with van der Waals surface area (Å²) in [6.45, 7) is 4.61. The number of carbonyl (C=O) groups is 1. The zero-order valence-corrected chi connectivity index (χ0v) is 21.1. The van der Waals surface area contributed by atoms with Gasteiger partial charge in [0.2, 0.25) is 0 Å². The highest BCUT2D eigenvalue weighted by molar-refractivity contribution is 8.13. The summed E-state index contributed by atoms with van der Waals surface area (Å²) >= 11 is 0. The number of rotatable bonds is 7. The number of methoxy groups -OCH3 is 1. The Morgan fingerprint density at radius 3 is 2.56 bits per heavy atom. The molecule has 9 heteroatoms. The van der Waals surface area contributed by atoms with Gasteiger partial charge in [0.25, 0.3) is 0 Å². The largest absolute Gasteiger partial charge is 0.493 e. The standard InChI is InChI=1S/C25H33NO7S/c1-25(2)8-7-15-16-11-22(33-9-6-10-34(4,5,30)31)21(32-3)12-17(16)19-13-20(27)18(24(28)29)14-26(19)23(15)25/h11-15,23H,6-10H2,1-5H3,(H,28,29)(H,30,31)/t15-,23+/m1/s1. The lowest BCUT2D eigenvalue weighted by atomic mass is 9.77. The molecular weight excluding hydrogens is 458 g/mol. The average molecular weight is 492 g/mol. The normalized spacial score (nSPS) is 21.5. The Labute approximate surface area is 199 Å². The summed E-state index contributed by atoms with van der Waals surface area (Å²) in [6.07, 6.45) is 6.50. The number of ether oxygens (including phenoxy) is 2. The van der Waals surface area contributed by atoms with E-state index in [9.17, 15) is 23.5 Å². The number of aromatic nitrogens is 1. The average Bonchev–Trinajstić information content (AvgIpc) is 3.04. The van der Waals surface area contributed by atoms with Crippen LogP contribution in [-0.2, 0) is 9.35 Å². The second kappa shape index (κ2) is 7.95. The van der Waals surface area contributed by atoms with E-state index < -0.39 is 20.7 Å². The van der Waals surface area contributed by atoms with Gasteiger partial charge in [0.15, 0.2) is 16.9 Å². The van der Waals surface area contributed by atoms with Gasteiger partial charge >= 0.3 is 5.97 Å². The van der Waals surface area contributed by atoms with Crippen LogP contribution in [0.5, 0.6) is 11.5 Å². The molecule has 1 aliphatic heterocycles. The number of aromatic carboxylic acids is 1. The molecule has 1 aliphatic carbocycles. The summed E-state index contributed by atoms with van der Waals surface area (Å²) in [7, 11) is -2.05. The molecule has 1 aromatic carbocycles. The number of carboxylic acid groups (broad SMARTS) is 1. The van der Waals surface area contributed by atoms with Crippen LogP contribution in [0.4, 0.5) is 0 Å². The maximum absolute atomic E-state index is 12.6. The Balaban J connectivity index is 1.79. The van der Waals surface area contributed by atoms with Crippen LogP contribution in [0.2, 0.25) is 0 Å². The van der Waals surface area contributed by atoms with Crippen molar-refractivity contribution in [3.8, 4) is 22.8 Å². The second-order valence-electron chi connectivity index (χ2n) is 10.7. The Morgan fingerprint density at radius 1 is 1.24 bits per heavy atom. The van der Waals surface area contributed by atoms with Gasteiger partial charge < -0.3 is 23.7 Å². The highest BCUT2D eigenvalue weighted by atomic mass is 32.3. The Bertz CT molecular complexity index is 1280. The van der Waals surface area contributed by atoms with Gasteiger partial charge in [-0.25, -0.2) is 9.00 Å². The summed E-state index contributed by atoms with van der Waals surface area (Å²) in [5.41, 5.74) is 1.70. The Morgan fingerprint density at radius 2 is 1.94 bits per heavy atom. The number of hydrogen-bond donors (Lipinski definition) is 2. The lowest BCUT2D eigenvalue weighted by Gasteiger charge is -2.40. The predicted molar refractivity (Wildman–Crippen MR) is 132 cm³/mol. The SMILES string of the molecule is COc1cc2c(cc1OCCCS(C)(C)(=O)O)[C@H]1CCC(C)(C)[C@H]1n1cc(C(=O)O)c(=O)cc1-2. The van der Waals surface area contributed by atoms with Crippen LogP contribution >= 0.6 is 0 Å². The van der Waals surface area contributed by atoms with Gasteiger partial charge in [0, 0.05) is 48.1 Å². The van der Waals surface area contributed by atoms with Gasteiger partial charge in [-0.2, -0.15) is 9.35 Å². The first kappa shape index (κ1) is 24.5. The van der Waals surface area contributed by atoms with Crippen molar-refractivity contribution in [2.45, 2.75) is 45.1 Å². The van der Waals surface area contributed by atoms with E-state index in [4.69, 9.17) is 9.47 Å². The topological polar surface area (TPSA) is 115 Å². The van der Waals surface area contributed by atoms with Crippen LogP contribution in [0.25, 0.3) is 11.3 Å². The van der Waals surface area contributed by atoms with E-state index in [2.05, 4.69) is 13.8 Å². The van der Waals surface area contributed by atoms with Crippen LogP contribution < -0.4 is 14.9 Å². The van der Waals surface area contributed by atoms with Crippen molar-refractivity contribution in [1.29, 1.82) is 0 Å². The molecule has 34 heavy (non-hydrogen) atoms. The molecule has 1 fully saturated rings. The van der Waals surface area contributed by atoms with Crippen molar-refractivity contribution in [2.75, 3.05) is 32.0 Å². The molecule has 2 heterocycles. The number of benzene rings is 1. The van der Waals surface area contributed by atoms with Gasteiger partial charge in [0.1, 0.15) is 5.56 Å². The first-order valence-corrected chi connectivity index (χ1v) is 14.3. The lowest BCUT2D eigenvalue weighted by Crippen LogP contribution is -2.33. The minimum Gasteiger partial charge on any atom is -0.493 e. The number of fused-ring (bicyclic) bond motifs is 6. The maximum Gasteiger partial charge on any atom is 0.341 e. The Hall–Kier alpha value is -2.65. The molecule has 1 saturated carbocycles. The van der Waals surface area contributed by atoms with E-state index in [1.165, 1.54) is 31.9 Å². The second-order valence-corrected chi connectivity index (χ2v) is 15.1. The number of carboxylic acids is 1. The molecule has 2 aromatic rings. The summed E-state index contributed by atoms with van der Waals surface area (Å²) in [4.78, 5) is 24.3. The third kappa shape index (κ3) is 4.51. The van der Waals surface area contributed by atoms with E-state index >= 15 is 0 Å². The smallest absolute Gasteiger partial charge is 0.341 e. The van der Waals surface area contributed by atoms with Crippen molar-refractivity contribution in [3.63, 3.8) is 0 Å². The van der Waals surface area contributed by atoms with E-state index in [-0.39, 0.29) is 35.3 Å². The van der Waals surface area contributed by atoms with Crippen LogP contribution in [0.3, 0.4) is 0 Å². The van der Waals surface area contributed by atoms with Crippen LogP contribution in [-0.4, -0.2) is 56.4 Å². The van der Waals surface area contributed by atoms with Crippen molar-refractivity contribution >= 4 is 15.3 Å². The van der Waals surface area contributed by atoms with Crippen molar-refractivity contribution < 1.29 is 28.1 Å². The lowest BCUT2D eigenvalue weighted by molar-refractivity contribution is 0.0693. The van der Waals surface area contributed by atoms with Crippen LogP contribution in [0, 0.1) is 5.41 Å². The van der Waals surface area contributed by atoms with Gasteiger partial charge in [0.05, 0.1) is 19.4 Å². The molecule has 0 unspecified atom stereocenters. The summed E-state index contributed by atoms with van der Waals surface area (Å²) < 4.78 is 35.6. The molecule has 1 aromatic heterocycles. The van der Waals surface area contributed by atoms with Gasteiger partial charge in [-0.3, -0.25) is 4.79 Å². The first-order valence-electron chi connectivity index (χ1n) is 11.4. The maximum atomic E-state index is 12.6. The molecule has 0 radical (unpaired) electrons. The quantitative estimate of drug-likeness (QED) is 0.563. The molecule has 8 nitrogen and oxygen atoms in total. The van der Waals surface area contributed by atoms with Gasteiger partial charge in [-0.15, -0.1) is 0 Å². The fourth-order valence-electron chi connectivity index (χ4n) is 5.46. The molecule has 186 valence electrons. The highest BCUT2D eigenvalue weighted by Crippen LogP contribution is 2.59. The van der Waals surface area contributed by atoms with Crippen molar-refractivity contribution in [2.24, 2.45) is 5.41 Å². The van der Waals surface area contributed by atoms with E-state index in [0.29, 0.717) is 23.6 Å². The molecule has 2 N–H and O–H groups in total. The first-order chi connectivity index (χ1) is 15.7. The monoisotopic (exact) mass is 491 g/mol. The number of pyridine rings is 1. The molecule has 2 atom stereocenters. The minimum absolute atomic E-state index is 0.00451. The zero-order chi connectivity index (χ0) is 25.1. The fourth-order valence-corrected chi connectivity index (χ4v) is 6.40. The molecule has 0 spiro atoms. The van der Waals surface area contributed by atoms with Gasteiger partial charge in [-0.1, -0.05) is 13.8 Å². The third-order valence-corrected chi connectivity index (χ3v) is 8.49. The Kier molecular flexibility index (Phi) is 5.72. The summed E-state index contributed by atoms with van der Waals surface area (Å²) in [6, 6.07) is 5.21. The van der Waals surface area contributed by atoms with Crippen molar-refractivity contribution in [3.05, 3.63) is 45.7 Å². The molecule has 0 amide bonds. The number of nitrogens with zero attached hydrogens (tertiary/aromatic N) is 1. The van der Waals surface area contributed by atoms with Crippen molar-refractivity contribution in [1.82, 2.24) is 4.57 Å². The fraction of sp³-hybridized carbons (Fsp3) is 0.520. The van der Waals surface area contributed by atoms with Crippen LogP contribution in [0.1, 0.15) is 61.0 Å². The minimum atomic E-state index is -3.59. The van der Waals surface area contributed by atoms with E-state index in [1.807, 2.05) is 16.7 Å².